The van der Waals surface area contributed by atoms with E-state index in [1.807, 2.05) is 49.4 Å². The van der Waals surface area contributed by atoms with Crippen molar-refractivity contribution in [3.05, 3.63) is 63.6 Å². The van der Waals surface area contributed by atoms with Crippen LogP contribution in [0.4, 0.5) is 0 Å². The number of rotatable bonds is 6. The summed E-state index contributed by atoms with van der Waals surface area (Å²) >= 11 is 10.6. The lowest BCUT2D eigenvalue weighted by atomic mass is 10.1. The van der Waals surface area contributed by atoms with Crippen LogP contribution in [-0.2, 0) is 4.79 Å². The van der Waals surface area contributed by atoms with Crippen LogP contribution in [0.25, 0.3) is 11.5 Å². The summed E-state index contributed by atoms with van der Waals surface area (Å²) < 4.78 is 6.53. The molecule has 0 radical (unpaired) electrons. The van der Waals surface area contributed by atoms with Crippen LogP contribution in [0.5, 0.6) is 0 Å². The van der Waals surface area contributed by atoms with E-state index in [0.717, 1.165) is 15.6 Å². The number of hydrogen-bond acceptors (Lipinski definition) is 5. The molecule has 1 atom stereocenters. The molecule has 0 saturated carbocycles. The SMILES string of the molecule is C[C@H](NC(=O)CSc1nnc(-c2cccc(Br)c2)o1)c1cccc(Cl)c1. The fraction of sp³-hybridized carbons (Fsp3) is 0.167. The summed E-state index contributed by atoms with van der Waals surface area (Å²) in [6.07, 6.45) is 0. The van der Waals surface area contributed by atoms with E-state index in [4.69, 9.17) is 16.0 Å². The van der Waals surface area contributed by atoms with Crippen molar-refractivity contribution < 1.29 is 9.21 Å². The Bertz CT molecular complexity index is 919. The minimum atomic E-state index is -0.137. The number of amides is 1. The highest BCUT2D eigenvalue weighted by atomic mass is 79.9. The zero-order valence-electron chi connectivity index (χ0n) is 13.8. The van der Waals surface area contributed by atoms with E-state index in [0.29, 0.717) is 16.1 Å². The van der Waals surface area contributed by atoms with Crippen molar-refractivity contribution in [2.45, 2.75) is 18.2 Å². The monoisotopic (exact) mass is 451 g/mol. The molecule has 134 valence electrons. The van der Waals surface area contributed by atoms with Crippen molar-refractivity contribution in [2.75, 3.05) is 5.75 Å². The molecule has 0 fully saturated rings. The van der Waals surface area contributed by atoms with E-state index in [1.54, 1.807) is 6.07 Å². The van der Waals surface area contributed by atoms with Gasteiger partial charge < -0.3 is 9.73 Å². The summed E-state index contributed by atoms with van der Waals surface area (Å²) in [5.41, 5.74) is 1.77. The third-order valence-electron chi connectivity index (χ3n) is 3.53. The predicted molar refractivity (Wildman–Crippen MR) is 106 cm³/mol. The molecule has 0 bridgehead atoms. The van der Waals surface area contributed by atoms with Crippen LogP contribution in [0.2, 0.25) is 5.02 Å². The summed E-state index contributed by atoms with van der Waals surface area (Å²) in [4.78, 5) is 12.1. The fourth-order valence-electron chi connectivity index (χ4n) is 2.28. The van der Waals surface area contributed by atoms with Crippen LogP contribution >= 0.6 is 39.3 Å². The van der Waals surface area contributed by atoms with E-state index >= 15 is 0 Å². The molecule has 5 nitrogen and oxygen atoms in total. The van der Waals surface area contributed by atoms with Crippen molar-refractivity contribution in [1.82, 2.24) is 15.5 Å². The first-order valence-corrected chi connectivity index (χ1v) is 9.94. The van der Waals surface area contributed by atoms with Crippen molar-refractivity contribution >= 4 is 45.2 Å². The van der Waals surface area contributed by atoms with Crippen LogP contribution in [0.3, 0.4) is 0 Å². The highest BCUT2D eigenvalue weighted by Gasteiger charge is 2.14. The zero-order valence-corrected chi connectivity index (χ0v) is 16.9. The van der Waals surface area contributed by atoms with Crippen LogP contribution in [-0.4, -0.2) is 21.9 Å². The Balaban J connectivity index is 1.55. The molecule has 0 aliphatic heterocycles. The largest absolute Gasteiger partial charge is 0.411 e. The van der Waals surface area contributed by atoms with Gasteiger partial charge in [0.25, 0.3) is 5.22 Å². The van der Waals surface area contributed by atoms with Gasteiger partial charge >= 0.3 is 0 Å². The second-order valence-electron chi connectivity index (χ2n) is 5.52. The van der Waals surface area contributed by atoms with Crippen LogP contribution in [0, 0.1) is 0 Å². The molecule has 0 unspecified atom stereocenters. The lowest BCUT2D eigenvalue weighted by Gasteiger charge is -2.14. The minimum absolute atomic E-state index is 0.121. The highest BCUT2D eigenvalue weighted by molar-refractivity contribution is 9.10. The number of hydrogen-bond donors (Lipinski definition) is 1. The van der Waals surface area contributed by atoms with Crippen molar-refractivity contribution in [3.63, 3.8) is 0 Å². The molecule has 3 rings (SSSR count). The molecule has 2 aromatic carbocycles. The van der Waals surface area contributed by atoms with E-state index in [9.17, 15) is 4.79 Å². The van der Waals surface area contributed by atoms with Crippen LogP contribution < -0.4 is 5.32 Å². The van der Waals surface area contributed by atoms with Gasteiger partial charge in [-0.2, -0.15) is 0 Å². The molecular weight excluding hydrogens is 438 g/mol. The van der Waals surface area contributed by atoms with E-state index < -0.39 is 0 Å². The smallest absolute Gasteiger partial charge is 0.277 e. The van der Waals surface area contributed by atoms with Gasteiger partial charge in [0.1, 0.15) is 0 Å². The van der Waals surface area contributed by atoms with Gasteiger partial charge in [0.05, 0.1) is 11.8 Å². The quantitative estimate of drug-likeness (QED) is 0.526. The fourth-order valence-corrected chi connectivity index (χ4v) is 3.45. The molecule has 1 amide bonds. The zero-order chi connectivity index (χ0) is 18.5. The van der Waals surface area contributed by atoms with Gasteiger partial charge in [0.2, 0.25) is 11.8 Å². The van der Waals surface area contributed by atoms with Gasteiger partial charge in [0, 0.05) is 15.1 Å². The molecular formula is C18H15BrClN3O2S. The Hall–Kier alpha value is -1.83. The standard InChI is InChI=1S/C18H15BrClN3O2S/c1-11(12-4-3-7-15(20)9-12)21-16(24)10-26-18-23-22-17(25-18)13-5-2-6-14(19)8-13/h2-9,11H,10H2,1H3,(H,21,24)/t11-/m0/s1. The highest BCUT2D eigenvalue weighted by Crippen LogP contribution is 2.25. The maximum Gasteiger partial charge on any atom is 0.277 e. The lowest BCUT2D eigenvalue weighted by molar-refractivity contribution is -0.119. The second kappa shape index (κ2) is 8.70. The van der Waals surface area contributed by atoms with Gasteiger partial charge in [-0.05, 0) is 42.8 Å². The van der Waals surface area contributed by atoms with E-state index in [-0.39, 0.29) is 17.7 Å². The Morgan fingerprint density at radius 2 is 2.08 bits per heavy atom. The van der Waals surface area contributed by atoms with Crippen molar-refractivity contribution in [2.24, 2.45) is 0 Å². The Labute approximate surface area is 168 Å². The molecule has 8 heteroatoms. The molecule has 26 heavy (non-hydrogen) atoms. The number of carbonyl (C=O) groups excluding carboxylic acids is 1. The van der Waals surface area contributed by atoms with Gasteiger partial charge in [-0.3, -0.25) is 4.79 Å². The maximum absolute atomic E-state index is 12.1. The molecule has 3 aromatic rings. The number of aromatic nitrogens is 2. The first-order chi connectivity index (χ1) is 12.5. The summed E-state index contributed by atoms with van der Waals surface area (Å²) in [6, 6.07) is 14.9. The maximum atomic E-state index is 12.1. The first kappa shape index (κ1) is 18.9. The van der Waals surface area contributed by atoms with E-state index in [1.165, 1.54) is 11.8 Å². The number of carbonyl (C=O) groups is 1. The number of halogens is 2. The van der Waals surface area contributed by atoms with Crippen molar-refractivity contribution in [1.29, 1.82) is 0 Å². The van der Waals surface area contributed by atoms with E-state index in [2.05, 4.69) is 31.4 Å². The number of nitrogens with one attached hydrogen (secondary N) is 1. The number of benzene rings is 2. The minimum Gasteiger partial charge on any atom is -0.411 e. The van der Waals surface area contributed by atoms with Gasteiger partial charge in [-0.15, -0.1) is 10.2 Å². The van der Waals surface area contributed by atoms with Crippen LogP contribution in [0.1, 0.15) is 18.5 Å². The third-order valence-corrected chi connectivity index (χ3v) is 5.08. The molecule has 1 N–H and O–H groups in total. The Morgan fingerprint density at radius 3 is 2.85 bits per heavy atom. The average Bonchev–Trinajstić information content (AvgIpc) is 3.09. The van der Waals surface area contributed by atoms with Crippen LogP contribution in [0.15, 0.2) is 62.6 Å². The molecule has 1 aromatic heterocycles. The Morgan fingerprint density at radius 1 is 1.27 bits per heavy atom. The lowest BCUT2D eigenvalue weighted by Crippen LogP contribution is -2.28. The van der Waals surface area contributed by atoms with Crippen molar-refractivity contribution in [3.8, 4) is 11.5 Å². The first-order valence-electron chi connectivity index (χ1n) is 7.78. The van der Waals surface area contributed by atoms with Gasteiger partial charge in [0.15, 0.2) is 0 Å². The summed E-state index contributed by atoms with van der Waals surface area (Å²) in [6.45, 7) is 1.91. The number of nitrogens with zero attached hydrogens (tertiary/aromatic N) is 2. The Kier molecular flexibility index (Phi) is 6.34. The molecule has 0 aliphatic carbocycles. The number of thioether (sulfide) groups is 1. The van der Waals surface area contributed by atoms with Gasteiger partial charge in [-0.25, -0.2) is 0 Å². The summed E-state index contributed by atoms with van der Waals surface area (Å²) in [5, 5.41) is 11.9. The third kappa shape index (κ3) is 5.09. The van der Waals surface area contributed by atoms with Gasteiger partial charge in [-0.1, -0.05) is 57.5 Å². The summed E-state index contributed by atoms with van der Waals surface area (Å²) in [5.74, 6) is 0.483. The molecule has 0 saturated heterocycles. The molecule has 1 heterocycles. The normalized spacial score (nSPS) is 12.0. The topological polar surface area (TPSA) is 68.0 Å². The molecule has 0 aliphatic rings. The second-order valence-corrected chi connectivity index (χ2v) is 7.80. The predicted octanol–water partition coefficient (Wildman–Crippen LogP) is 5.12. The molecule has 0 spiro atoms. The average molecular weight is 453 g/mol. The summed E-state index contributed by atoms with van der Waals surface area (Å²) in [7, 11) is 0.